The summed E-state index contributed by atoms with van der Waals surface area (Å²) < 4.78 is 7.05. The monoisotopic (exact) mass is 586 g/mol. The number of likely N-dealkylation sites (tertiary alicyclic amines) is 1. The van der Waals surface area contributed by atoms with Crippen molar-refractivity contribution in [3.63, 3.8) is 0 Å². The number of aromatic nitrogens is 3. The maximum atomic E-state index is 13.0. The van der Waals surface area contributed by atoms with E-state index in [9.17, 15) is 9.59 Å². The highest BCUT2D eigenvalue weighted by molar-refractivity contribution is 5.91. The molecule has 4 unspecified atom stereocenters. The Labute approximate surface area is 255 Å². The fourth-order valence-electron chi connectivity index (χ4n) is 7.72. The minimum absolute atomic E-state index is 0.0308. The van der Waals surface area contributed by atoms with Gasteiger partial charge in [0.2, 0.25) is 5.82 Å². The Morgan fingerprint density at radius 1 is 1.07 bits per heavy atom. The highest BCUT2D eigenvalue weighted by Gasteiger charge is 2.55. The Morgan fingerprint density at radius 3 is 2.40 bits per heavy atom. The number of rotatable bonds is 6. The molecule has 1 spiro atoms. The number of ether oxygens (including phenoxy) is 1. The summed E-state index contributed by atoms with van der Waals surface area (Å²) >= 11 is 0. The molecule has 2 aliphatic carbocycles. The number of amides is 1. The van der Waals surface area contributed by atoms with E-state index in [0.717, 1.165) is 68.8 Å². The second-order valence-corrected chi connectivity index (χ2v) is 13.5. The van der Waals surface area contributed by atoms with Crippen LogP contribution in [0.4, 0.5) is 5.69 Å². The van der Waals surface area contributed by atoms with Crippen molar-refractivity contribution < 1.29 is 14.3 Å². The minimum atomic E-state index is -0.183. The van der Waals surface area contributed by atoms with Crippen LogP contribution < -0.4 is 10.2 Å². The average Bonchev–Trinajstić information content (AvgIpc) is 3.69. The van der Waals surface area contributed by atoms with Crippen molar-refractivity contribution in [1.29, 1.82) is 0 Å². The van der Waals surface area contributed by atoms with Gasteiger partial charge in [0, 0.05) is 38.3 Å². The van der Waals surface area contributed by atoms with E-state index in [0.29, 0.717) is 29.9 Å². The second kappa shape index (κ2) is 12.3. The third-order valence-corrected chi connectivity index (χ3v) is 10.00. The summed E-state index contributed by atoms with van der Waals surface area (Å²) in [5.74, 6) is 1.15. The van der Waals surface area contributed by atoms with Crippen LogP contribution in [0.25, 0.3) is 5.65 Å². The molecular weight excluding hydrogens is 540 g/mol. The first-order valence-electron chi connectivity index (χ1n) is 16.1. The Morgan fingerprint density at radius 2 is 1.77 bits per heavy atom. The number of esters is 1. The summed E-state index contributed by atoms with van der Waals surface area (Å²) in [6.45, 7) is 13.1. The Balaban J connectivity index is 0.000000491. The van der Waals surface area contributed by atoms with Crippen molar-refractivity contribution in [2.24, 2.45) is 23.2 Å². The van der Waals surface area contributed by atoms with Crippen molar-refractivity contribution in [2.45, 2.75) is 71.9 Å². The normalized spacial score (nSPS) is 26.5. The van der Waals surface area contributed by atoms with Crippen molar-refractivity contribution in [3.8, 4) is 0 Å². The highest BCUT2D eigenvalue weighted by atomic mass is 16.5. The standard InChI is InChI=1S/C28H40N6O3.C6H6/c1-5-37-27(36)23-10-21(8-18(23)3)33-15-28(16-33)11-20(12-28)29-26(35)24-30-25-19(4)9-22(14-34(25)31-24)32-7-6-17(2)13-32;1-2-4-6-5-3-1/h9,14,17-18,20-21,23H,5-8,10-13,15-16H2,1-4H3,(H,29,35);1-6H. The molecule has 43 heavy (non-hydrogen) atoms. The topological polar surface area (TPSA) is 92.1 Å². The molecule has 2 saturated heterocycles. The number of aryl methyl sites for hydroxylation is 1. The summed E-state index contributed by atoms with van der Waals surface area (Å²) in [6.07, 6.45) is 7.19. The molecule has 7 rings (SSSR count). The molecule has 1 aromatic carbocycles. The van der Waals surface area contributed by atoms with Crippen LogP contribution in [0.2, 0.25) is 0 Å². The van der Waals surface area contributed by atoms with E-state index in [-0.39, 0.29) is 29.7 Å². The molecule has 2 saturated carbocycles. The van der Waals surface area contributed by atoms with E-state index >= 15 is 0 Å². The van der Waals surface area contributed by atoms with Crippen LogP contribution in [0.1, 0.15) is 69.1 Å². The smallest absolute Gasteiger partial charge is 0.309 e. The van der Waals surface area contributed by atoms with Crippen molar-refractivity contribution in [3.05, 3.63) is 60.0 Å². The number of nitrogens with one attached hydrogen (secondary N) is 1. The molecule has 0 radical (unpaired) electrons. The number of pyridine rings is 1. The molecule has 4 fully saturated rings. The predicted molar refractivity (Wildman–Crippen MR) is 167 cm³/mol. The number of nitrogens with zero attached hydrogens (tertiary/aromatic N) is 5. The van der Waals surface area contributed by atoms with Crippen LogP contribution in [0, 0.1) is 30.1 Å². The Bertz CT molecular complexity index is 1400. The van der Waals surface area contributed by atoms with Crippen LogP contribution in [0.5, 0.6) is 0 Å². The molecule has 2 aliphatic heterocycles. The fourth-order valence-corrected chi connectivity index (χ4v) is 7.72. The molecule has 230 valence electrons. The summed E-state index contributed by atoms with van der Waals surface area (Å²) in [6, 6.07) is 14.8. The van der Waals surface area contributed by atoms with Gasteiger partial charge in [-0.05, 0) is 74.8 Å². The lowest BCUT2D eigenvalue weighted by atomic mass is 9.60. The van der Waals surface area contributed by atoms with Gasteiger partial charge >= 0.3 is 5.97 Å². The average molecular weight is 587 g/mol. The lowest BCUT2D eigenvalue weighted by Crippen LogP contribution is -2.68. The number of fused-ring (bicyclic) bond motifs is 1. The number of benzene rings is 1. The van der Waals surface area contributed by atoms with Crippen molar-refractivity contribution in [2.75, 3.05) is 37.7 Å². The van der Waals surface area contributed by atoms with Gasteiger partial charge in [0.1, 0.15) is 0 Å². The van der Waals surface area contributed by atoms with Gasteiger partial charge in [-0.1, -0.05) is 50.2 Å². The van der Waals surface area contributed by atoms with Crippen LogP contribution in [0.15, 0.2) is 48.7 Å². The third-order valence-electron chi connectivity index (χ3n) is 10.00. The highest BCUT2D eigenvalue weighted by Crippen LogP contribution is 2.51. The quantitative estimate of drug-likeness (QED) is 0.417. The minimum Gasteiger partial charge on any atom is -0.466 e. The van der Waals surface area contributed by atoms with Crippen LogP contribution in [-0.2, 0) is 9.53 Å². The molecule has 4 heterocycles. The van der Waals surface area contributed by atoms with Gasteiger partial charge in [-0.15, -0.1) is 5.10 Å². The maximum absolute atomic E-state index is 13.0. The number of hydrogen-bond donors (Lipinski definition) is 1. The lowest BCUT2D eigenvalue weighted by Gasteiger charge is -2.60. The molecule has 4 aliphatic rings. The molecule has 0 bridgehead atoms. The van der Waals surface area contributed by atoms with Gasteiger partial charge in [-0.25, -0.2) is 9.50 Å². The SMILES string of the molecule is CCOC(=O)C1CC(N2CC3(CC(NC(=O)c4nc5c(C)cc(N6CCC(C)C6)cn5n4)C3)C2)CC1C.c1ccccc1. The van der Waals surface area contributed by atoms with Gasteiger partial charge in [0.05, 0.1) is 24.4 Å². The molecule has 1 amide bonds. The molecule has 4 atom stereocenters. The summed E-state index contributed by atoms with van der Waals surface area (Å²) in [5, 5.41) is 7.71. The van der Waals surface area contributed by atoms with Crippen LogP contribution in [-0.4, -0.2) is 76.2 Å². The molecule has 1 N–H and O–H groups in total. The van der Waals surface area contributed by atoms with E-state index in [1.807, 2.05) is 56.4 Å². The third kappa shape index (κ3) is 6.28. The summed E-state index contributed by atoms with van der Waals surface area (Å²) in [5.41, 5.74) is 3.24. The molecule has 2 aromatic heterocycles. The van der Waals surface area contributed by atoms with Gasteiger partial charge in [0.15, 0.2) is 5.65 Å². The van der Waals surface area contributed by atoms with Gasteiger partial charge in [-0.3, -0.25) is 14.5 Å². The Kier molecular flexibility index (Phi) is 8.45. The maximum Gasteiger partial charge on any atom is 0.309 e. The zero-order valence-electron chi connectivity index (χ0n) is 26.0. The van der Waals surface area contributed by atoms with E-state index in [4.69, 9.17) is 4.74 Å². The van der Waals surface area contributed by atoms with Crippen molar-refractivity contribution >= 4 is 23.2 Å². The predicted octanol–water partition coefficient (Wildman–Crippen LogP) is 4.74. The fraction of sp³-hybridized carbons (Fsp3) is 0.588. The first-order valence-corrected chi connectivity index (χ1v) is 16.1. The van der Waals surface area contributed by atoms with E-state index < -0.39 is 0 Å². The second-order valence-electron chi connectivity index (χ2n) is 13.5. The number of carbonyl (C=O) groups excluding carboxylic acids is 2. The van der Waals surface area contributed by atoms with Gasteiger partial charge in [0.25, 0.3) is 5.91 Å². The van der Waals surface area contributed by atoms with E-state index in [1.54, 1.807) is 4.52 Å². The molecular formula is C34H46N6O3. The zero-order valence-corrected chi connectivity index (χ0v) is 26.0. The molecule has 3 aromatic rings. The van der Waals surface area contributed by atoms with Crippen LogP contribution >= 0.6 is 0 Å². The molecule has 9 heteroatoms. The first-order chi connectivity index (χ1) is 20.7. The summed E-state index contributed by atoms with van der Waals surface area (Å²) in [4.78, 5) is 34.7. The van der Waals surface area contributed by atoms with Gasteiger partial charge in [-0.2, -0.15) is 0 Å². The largest absolute Gasteiger partial charge is 0.466 e. The number of hydrogen-bond acceptors (Lipinski definition) is 7. The Hall–Kier alpha value is -3.46. The van der Waals surface area contributed by atoms with Crippen LogP contribution in [0.3, 0.4) is 0 Å². The van der Waals surface area contributed by atoms with E-state index in [2.05, 4.69) is 45.1 Å². The number of anilines is 1. The molecule has 9 nitrogen and oxygen atoms in total. The lowest BCUT2D eigenvalue weighted by molar-refractivity contribution is -0.149. The first kappa shape index (κ1) is 29.6. The van der Waals surface area contributed by atoms with Crippen molar-refractivity contribution in [1.82, 2.24) is 24.8 Å². The van der Waals surface area contributed by atoms with Gasteiger partial charge < -0.3 is 15.0 Å². The zero-order chi connectivity index (χ0) is 30.1. The van der Waals surface area contributed by atoms with E-state index in [1.165, 1.54) is 6.42 Å². The number of carbonyl (C=O) groups is 2. The summed E-state index contributed by atoms with van der Waals surface area (Å²) in [7, 11) is 0.